The Balaban J connectivity index is 1.93. The SMILES string of the molecule is O=C(NCCc1ncn[nH]1)c1cccc(F)c1Br. The zero-order chi connectivity index (χ0) is 13.0. The van der Waals surface area contributed by atoms with Gasteiger partial charge in [-0.15, -0.1) is 0 Å². The van der Waals surface area contributed by atoms with Gasteiger partial charge in [0.05, 0.1) is 10.0 Å². The third-order valence-electron chi connectivity index (χ3n) is 2.31. The summed E-state index contributed by atoms with van der Waals surface area (Å²) in [6, 6.07) is 4.33. The number of nitrogens with zero attached hydrogens (tertiary/aromatic N) is 2. The molecule has 0 bridgehead atoms. The van der Waals surface area contributed by atoms with E-state index in [4.69, 9.17) is 0 Å². The van der Waals surface area contributed by atoms with Gasteiger partial charge in [0.25, 0.3) is 5.91 Å². The third-order valence-corrected chi connectivity index (χ3v) is 3.11. The Bertz CT molecular complexity index is 544. The minimum Gasteiger partial charge on any atom is -0.352 e. The second-order valence-electron chi connectivity index (χ2n) is 3.54. The monoisotopic (exact) mass is 312 g/mol. The first kappa shape index (κ1) is 12.7. The number of aromatic nitrogens is 3. The van der Waals surface area contributed by atoms with E-state index in [1.165, 1.54) is 18.5 Å². The standard InChI is InChI=1S/C11H10BrFN4O/c12-10-7(2-1-3-8(10)13)11(18)14-5-4-9-15-6-16-17-9/h1-3,6H,4-5H2,(H,14,18)(H,15,16,17). The molecule has 0 radical (unpaired) electrons. The van der Waals surface area contributed by atoms with E-state index in [-0.39, 0.29) is 15.9 Å². The predicted molar refractivity (Wildman–Crippen MR) is 66.5 cm³/mol. The highest BCUT2D eigenvalue weighted by Crippen LogP contribution is 2.20. The van der Waals surface area contributed by atoms with Crippen LogP contribution in [0.2, 0.25) is 0 Å². The first-order chi connectivity index (χ1) is 8.68. The Labute approximate surface area is 111 Å². The number of H-pyrrole nitrogens is 1. The molecule has 0 fully saturated rings. The molecular weight excluding hydrogens is 303 g/mol. The molecule has 0 atom stereocenters. The summed E-state index contributed by atoms with van der Waals surface area (Å²) < 4.78 is 13.4. The molecule has 2 N–H and O–H groups in total. The molecule has 1 aromatic heterocycles. The van der Waals surface area contributed by atoms with Crippen LogP contribution < -0.4 is 5.32 Å². The molecule has 1 heterocycles. The molecule has 7 heteroatoms. The van der Waals surface area contributed by atoms with Gasteiger partial charge in [-0.1, -0.05) is 6.07 Å². The molecule has 0 unspecified atom stereocenters. The van der Waals surface area contributed by atoms with Crippen LogP contribution in [-0.4, -0.2) is 27.6 Å². The lowest BCUT2D eigenvalue weighted by atomic mass is 10.2. The largest absolute Gasteiger partial charge is 0.352 e. The summed E-state index contributed by atoms with van der Waals surface area (Å²) in [4.78, 5) is 15.7. The Morgan fingerprint density at radius 2 is 2.33 bits per heavy atom. The van der Waals surface area contributed by atoms with E-state index in [1.807, 2.05) is 0 Å². The average molecular weight is 313 g/mol. The smallest absolute Gasteiger partial charge is 0.252 e. The van der Waals surface area contributed by atoms with E-state index in [0.717, 1.165) is 0 Å². The number of carbonyl (C=O) groups is 1. The normalized spacial score (nSPS) is 10.3. The number of rotatable bonds is 4. The van der Waals surface area contributed by atoms with Crippen LogP contribution in [0.1, 0.15) is 16.2 Å². The van der Waals surface area contributed by atoms with Crippen molar-refractivity contribution in [3.8, 4) is 0 Å². The fourth-order valence-electron chi connectivity index (χ4n) is 1.42. The van der Waals surface area contributed by atoms with Gasteiger partial charge in [0, 0.05) is 13.0 Å². The summed E-state index contributed by atoms with van der Waals surface area (Å²) >= 11 is 3.05. The number of amides is 1. The van der Waals surface area contributed by atoms with Gasteiger partial charge in [-0.3, -0.25) is 9.89 Å². The van der Waals surface area contributed by atoms with Crippen molar-refractivity contribution in [3.63, 3.8) is 0 Å². The molecule has 0 saturated heterocycles. The molecule has 1 aromatic carbocycles. The van der Waals surface area contributed by atoms with Gasteiger partial charge in [-0.2, -0.15) is 5.10 Å². The number of nitrogens with one attached hydrogen (secondary N) is 2. The maximum Gasteiger partial charge on any atom is 0.252 e. The van der Waals surface area contributed by atoms with Crippen LogP contribution in [0.4, 0.5) is 4.39 Å². The molecule has 2 rings (SSSR count). The number of aromatic amines is 1. The van der Waals surface area contributed by atoms with E-state index < -0.39 is 5.82 Å². The van der Waals surface area contributed by atoms with Crippen LogP contribution >= 0.6 is 15.9 Å². The fraction of sp³-hybridized carbons (Fsp3) is 0.182. The van der Waals surface area contributed by atoms with E-state index in [0.29, 0.717) is 18.8 Å². The lowest BCUT2D eigenvalue weighted by molar-refractivity contribution is 0.0952. The maximum absolute atomic E-state index is 13.2. The second-order valence-corrected chi connectivity index (χ2v) is 4.33. The highest BCUT2D eigenvalue weighted by molar-refractivity contribution is 9.10. The lowest BCUT2D eigenvalue weighted by Gasteiger charge is -2.06. The van der Waals surface area contributed by atoms with Gasteiger partial charge in [0.15, 0.2) is 0 Å². The van der Waals surface area contributed by atoms with E-state index >= 15 is 0 Å². The minimum absolute atomic E-state index is 0.169. The van der Waals surface area contributed by atoms with Gasteiger partial charge in [-0.25, -0.2) is 9.37 Å². The van der Waals surface area contributed by atoms with E-state index in [2.05, 4.69) is 36.4 Å². The molecule has 0 saturated carbocycles. The van der Waals surface area contributed by atoms with E-state index in [1.54, 1.807) is 6.07 Å². The molecule has 2 aromatic rings. The summed E-state index contributed by atoms with van der Waals surface area (Å²) in [6.45, 7) is 0.400. The summed E-state index contributed by atoms with van der Waals surface area (Å²) in [7, 11) is 0. The molecule has 0 aliphatic rings. The molecular formula is C11H10BrFN4O. The van der Waals surface area contributed by atoms with Crippen molar-refractivity contribution in [1.29, 1.82) is 0 Å². The van der Waals surface area contributed by atoms with Crippen LogP contribution in [0.5, 0.6) is 0 Å². The number of hydrogen-bond acceptors (Lipinski definition) is 3. The van der Waals surface area contributed by atoms with Gasteiger partial charge in [0.1, 0.15) is 18.0 Å². The first-order valence-corrected chi connectivity index (χ1v) is 6.04. The van der Waals surface area contributed by atoms with Crippen molar-refractivity contribution in [2.45, 2.75) is 6.42 Å². The molecule has 0 spiro atoms. The summed E-state index contributed by atoms with van der Waals surface area (Å²) in [5.74, 6) is -0.104. The third kappa shape index (κ3) is 2.92. The Morgan fingerprint density at radius 3 is 3.06 bits per heavy atom. The van der Waals surface area contributed by atoms with Crippen LogP contribution in [-0.2, 0) is 6.42 Å². The summed E-state index contributed by atoms with van der Waals surface area (Å²) in [5.41, 5.74) is 0.271. The van der Waals surface area contributed by atoms with Crippen molar-refractivity contribution in [2.24, 2.45) is 0 Å². The first-order valence-electron chi connectivity index (χ1n) is 5.25. The molecule has 0 aliphatic carbocycles. The molecule has 18 heavy (non-hydrogen) atoms. The van der Waals surface area contributed by atoms with Crippen LogP contribution in [0.3, 0.4) is 0 Å². The van der Waals surface area contributed by atoms with Crippen LogP contribution in [0, 0.1) is 5.82 Å². The summed E-state index contributed by atoms with van der Waals surface area (Å²) in [5, 5.41) is 9.07. The Kier molecular flexibility index (Phi) is 4.03. The molecule has 94 valence electrons. The Hall–Kier alpha value is -1.76. The highest BCUT2D eigenvalue weighted by Gasteiger charge is 2.12. The van der Waals surface area contributed by atoms with Gasteiger partial charge in [-0.05, 0) is 28.1 Å². The van der Waals surface area contributed by atoms with Crippen molar-refractivity contribution >= 4 is 21.8 Å². The highest BCUT2D eigenvalue weighted by atomic mass is 79.9. The van der Waals surface area contributed by atoms with Gasteiger partial charge in [0.2, 0.25) is 0 Å². The van der Waals surface area contributed by atoms with Gasteiger partial charge >= 0.3 is 0 Å². The van der Waals surface area contributed by atoms with Crippen molar-refractivity contribution in [3.05, 3.63) is 46.2 Å². The zero-order valence-corrected chi connectivity index (χ0v) is 10.9. The zero-order valence-electron chi connectivity index (χ0n) is 9.28. The molecule has 5 nitrogen and oxygen atoms in total. The fourth-order valence-corrected chi connectivity index (χ4v) is 1.86. The lowest BCUT2D eigenvalue weighted by Crippen LogP contribution is -2.26. The quantitative estimate of drug-likeness (QED) is 0.902. The number of halogens is 2. The van der Waals surface area contributed by atoms with Crippen molar-refractivity contribution < 1.29 is 9.18 Å². The van der Waals surface area contributed by atoms with E-state index in [9.17, 15) is 9.18 Å². The number of hydrogen-bond donors (Lipinski definition) is 2. The maximum atomic E-state index is 13.2. The number of carbonyl (C=O) groups excluding carboxylic acids is 1. The number of benzene rings is 1. The second kappa shape index (κ2) is 5.72. The summed E-state index contributed by atoms with van der Waals surface area (Å²) in [6.07, 6.45) is 1.94. The van der Waals surface area contributed by atoms with Crippen LogP contribution in [0.15, 0.2) is 29.0 Å². The molecule has 0 aliphatic heterocycles. The van der Waals surface area contributed by atoms with Gasteiger partial charge < -0.3 is 5.32 Å². The van der Waals surface area contributed by atoms with Crippen LogP contribution in [0.25, 0.3) is 0 Å². The minimum atomic E-state index is -0.460. The van der Waals surface area contributed by atoms with Crippen molar-refractivity contribution in [1.82, 2.24) is 20.5 Å². The average Bonchev–Trinajstić information content (AvgIpc) is 2.85. The Morgan fingerprint density at radius 1 is 1.50 bits per heavy atom. The molecule has 1 amide bonds. The predicted octanol–water partition coefficient (Wildman–Crippen LogP) is 1.68. The van der Waals surface area contributed by atoms with Crippen molar-refractivity contribution in [2.75, 3.05) is 6.54 Å². The topological polar surface area (TPSA) is 70.7 Å².